The molecule has 0 saturated heterocycles. The van der Waals surface area contributed by atoms with Crippen LogP contribution in [0.2, 0.25) is 0 Å². The molecule has 0 radical (unpaired) electrons. The van der Waals surface area contributed by atoms with Crippen molar-refractivity contribution in [3.8, 4) is 17.2 Å². The molecule has 0 fully saturated rings. The van der Waals surface area contributed by atoms with Crippen molar-refractivity contribution < 1.29 is 27.4 Å². The van der Waals surface area contributed by atoms with Gasteiger partial charge < -0.3 is 14.2 Å². The van der Waals surface area contributed by atoms with E-state index in [2.05, 4.69) is 10.3 Å². The van der Waals surface area contributed by atoms with Gasteiger partial charge in [-0.15, -0.1) is 4.83 Å². The standard InChI is InChI=1S/C19H24N2O6S/c1-5-26-15-7-9-16(10-8-15)28(23,24)21-20-19(22)14-6-11-17(27-13(2)3)18(12-14)25-4/h6-13,21H,5H2,1-4H3,(H,20,22). The summed E-state index contributed by atoms with van der Waals surface area (Å²) in [6, 6.07) is 10.4. The normalized spacial score (nSPS) is 11.2. The second-order valence-corrected chi connectivity index (χ2v) is 7.68. The summed E-state index contributed by atoms with van der Waals surface area (Å²) in [6.07, 6.45) is -0.0606. The quantitative estimate of drug-likeness (QED) is 0.618. The van der Waals surface area contributed by atoms with E-state index in [-0.39, 0.29) is 16.6 Å². The summed E-state index contributed by atoms with van der Waals surface area (Å²) in [5.74, 6) is 0.782. The van der Waals surface area contributed by atoms with E-state index in [0.717, 1.165) is 0 Å². The highest BCUT2D eigenvalue weighted by Gasteiger charge is 2.17. The van der Waals surface area contributed by atoms with E-state index in [1.165, 1.54) is 43.5 Å². The van der Waals surface area contributed by atoms with Gasteiger partial charge in [0.25, 0.3) is 15.9 Å². The number of carbonyl (C=O) groups excluding carboxylic acids is 1. The van der Waals surface area contributed by atoms with Gasteiger partial charge in [-0.3, -0.25) is 10.2 Å². The molecule has 0 spiro atoms. The molecule has 2 N–H and O–H groups in total. The van der Waals surface area contributed by atoms with Gasteiger partial charge in [-0.25, -0.2) is 8.42 Å². The van der Waals surface area contributed by atoms with E-state index in [9.17, 15) is 13.2 Å². The predicted octanol–water partition coefficient (Wildman–Crippen LogP) is 2.50. The SMILES string of the molecule is CCOc1ccc(S(=O)(=O)NNC(=O)c2ccc(OC(C)C)c(OC)c2)cc1. The number of amides is 1. The lowest BCUT2D eigenvalue weighted by molar-refractivity contribution is 0.0944. The number of benzene rings is 2. The van der Waals surface area contributed by atoms with Crippen LogP contribution in [0.5, 0.6) is 17.2 Å². The van der Waals surface area contributed by atoms with Crippen LogP contribution in [-0.4, -0.2) is 34.1 Å². The minimum atomic E-state index is -3.93. The van der Waals surface area contributed by atoms with E-state index in [1.54, 1.807) is 6.07 Å². The molecule has 0 atom stereocenters. The maximum Gasteiger partial charge on any atom is 0.266 e. The molecule has 0 unspecified atom stereocenters. The van der Waals surface area contributed by atoms with Crippen molar-refractivity contribution in [3.05, 3.63) is 48.0 Å². The van der Waals surface area contributed by atoms with E-state index in [4.69, 9.17) is 14.2 Å². The average molecular weight is 408 g/mol. The number of sulfonamides is 1. The molecule has 152 valence electrons. The molecule has 0 aliphatic rings. The zero-order valence-corrected chi connectivity index (χ0v) is 17.0. The van der Waals surface area contributed by atoms with Crippen LogP contribution < -0.4 is 24.5 Å². The molecule has 0 aromatic heterocycles. The van der Waals surface area contributed by atoms with E-state index in [1.807, 2.05) is 20.8 Å². The summed E-state index contributed by atoms with van der Waals surface area (Å²) >= 11 is 0. The Morgan fingerprint density at radius 2 is 1.75 bits per heavy atom. The number of nitrogens with one attached hydrogen (secondary N) is 2. The number of ether oxygens (including phenoxy) is 3. The first kappa shape index (κ1) is 21.5. The lowest BCUT2D eigenvalue weighted by Crippen LogP contribution is -2.41. The maximum absolute atomic E-state index is 12.3. The number of methoxy groups -OCH3 is 1. The van der Waals surface area contributed by atoms with Crippen molar-refractivity contribution in [2.75, 3.05) is 13.7 Å². The average Bonchev–Trinajstić information content (AvgIpc) is 2.67. The number of carbonyl (C=O) groups is 1. The Morgan fingerprint density at radius 1 is 1.07 bits per heavy atom. The molecule has 0 heterocycles. The molecule has 28 heavy (non-hydrogen) atoms. The van der Waals surface area contributed by atoms with Crippen LogP contribution in [-0.2, 0) is 10.0 Å². The second-order valence-electron chi connectivity index (χ2n) is 6.00. The Hall–Kier alpha value is -2.78. The minimum Gasteiger partial charge on any atom is -0.494 e. The van der Waals surface area contributed by atoms with E-state index < -0.39 is 15.9 Å². The summed E-state index contributed by atoms with van der Waals surface area (Å²) in [5.41, 5.74) is 2.40. The third-order valence-electron chi connectivity index (χ3n) is 3.53. The van der Waals surface area contributed by atoms with Crippen LogP contribution in [0.3, 0.4) is 0 Å². The first-order valence-electron chi connectivity index (χ1n) is 8.66. The molecule has 2 aromatic rings. The van der Waals surface area contributed by atoms with Gasteiger partial charge in [-0.05, 0) is 63.2 Å². The lowest BCUT2D eigenvalue weighted by Gasteiger charge is -2.14. The Kier molecular flexibility index (Phi) is 7.24. The first-order valence-corrected chi connectivity index (χ1v) is 10.1. The van der Waals surface area contributed by atoms with Crippen molar-refractivity contribution in [2.45, 2.75) is 31.8 Å². The Labute approximate surface area is 164 Å². The van der Waals surface area contributed by atoms with Gasteiger partial charge in [-0.2, -0.15) is 0 Å². The fourth-order valence-electron chi connectivity index (χ4n) is 2.29. The molecule has 1 amide bonds. The molecular formula is C19H24N2O6S. The fourth-order valence-corrected chi connectivity index (χ4v) is 3.13. The first-order chi connectivity index (χ1) is 13.3. The summed E-state index contributed by atoms with van der Waals surface area (Å²) in [5, 5.41) is 0. The van der Waals surface area contributed by atoms with Crippen LogP contribution in [0.15, 0.2) is 47.4 Å². The summed E-state index contributed by atoms with van der Waals surface area (Å²) in [6.45, 7) is 6.05. The molecule has 0 aliphatic carbocycles. The zero-order valence-electron chi connectivity index (χ0n) is 16.2. The van der Waals surface area contributed by atoms with Gasteiger partial charge in [0.05, 0.1) is 24.7 Å². The topological polar surface area (TPSA) is 103 Å². The van der Waals surface area contributed by atoms with Crippen LogP contribution in [0.1, 0.15) is 31.1 Å². The lowest BCUT2D eigenvalue weighted by atomic mass is 10.2. The Bertz CT molecular complexity index is 911. The molecular weight excluding hydrogens is 384 g/mol. The Balaban J connectivity index is 2.08. The van der Waals surface area contributed by atoms with Gasteiger partial charge in [0.15, 0.2) is 11.5 Å². The molecule has 8 nitrogen and oxygen atoms in total. The van der Waals surface area contributed by atoms with Crippen LogP contribution >= 0.6 is 0 Å². The van der Waals surface area contributed by atoms with E-state index >= 15 is 0 Å². The molecule has 9 heteroatoms. The number of rotatable bonds is 9. The highest BCUT2D eigenvalue weighted by Crippen LogP contribution is 2.29. The van der Waals surface area contributed by atoms with Gasteiger partial charge in [-0.1, -0.05) is 0 Å². The maximum atomic E-state index is 12.3. The Morgan fingerprint density at radius 3 is 2.32 bits per heavy atom. The molecule has 0 saturated carbocycles. The molecule has 0 bridgehead atoms. The van der Waals surface area contributed by atoms with Gasteiger partial charge in [0, 0.05) is 5.56 Å². The molecule has 2 aromatic carbocycles. The van der Waals surface area contributed by atoms with Crippen molar-refractivity contribution >= 4 is 15.9 Å². The number of hydrogen-bond acceptors (Lipinski definition) is 6. The van der Waals surface area contributed by atoms with E-state index in [0.29, 0.717) is 23.9 Å². The largest absolute Gasteiger partial charge is 0.494 e. The number of hydrazine groups is 1. The number of hydrogen-bond donors (Lipinski definition) is 2. The highest BCUT2D eigenvalue weighted by molar-refractivity contribution is 7.89. The predicted molar refractivity (Wildman–Crippen MR) is 104 cm³/mol. The third-order valence-corrected chi connectivity index (χ3v) is 4.80. The third kappa shape index (κ3) is 5.61. The summed E-state index contributed by atoms with van der Waals surface area (Å²) < 4.78 is 40.7. The van der Waals surface area contributed by atoms with Crippen molar-refractivity contribution in [3.63, 3.8) is 0 Å². The minimum absolute atomic E-state index is 0.00508. The van der Waals surface area contributed by atoms with Crippen molar-refractivity contribution in [1.82, 2.24) is 10.3 Å². The van der Waals surface area contributed by atoms with Gasteiger partial charge in [0.2, 0.25) is 0 Å². The van der Waals surface area contributed by atoms with Gasteiger partial charge in [0.1, 0.15) is 5.75 Å². The monoisotopic (exact) mass is 408 g/mol. The fraction of sp³-hybridized carbons (Fsp3) is 0.316. The van der Waals surface area contributed by atoms with Crippen molar-refractivity contribution in [2.24, 2.45) is 0 Å². The zero-order chi connectivity index (χ0) is 20.7. The molecule has 0 aliphatic heterocycles. The highest BCUT2D eigenvalue weighted by atomic mass is 32.2. The molecule has 2 rings (SSSR count). The van der Waals surface area contributed by atoms with Crippen molar-refractivity contribution in [1.29, 1.82) is 0 Å². The second kappa shape index (κ2) is 9.43. The van der Waals surface area contributed by atoms with Crippen LogP contribution in [0, 0.1) is 0 Å². The van der Waals surface area contributed by atoms with Crippen LogP contribution in [0.4, 0.5) is 0 Å². The smallest absolute Gasteiger partial charge is 0.266 e. The summed E-state index contributed by atoms with van der Waals surface area (Å²) in [7, 11) is -2.47. The van der Waals surface area contributed by atoms with Gasteiger partial charge >= 0.3 is 0 Å². The van der Waals surface area contributed by atoms with Crippen LogP contribution in [0.25, 0.3) is 0 Å². The summed E-state index contributed by atoms with van der Waals surface area (Å²) in [4.78, 5) is 14.4.